The van der Waals surface area contributed by atoms with Crippen molar-refractivity contribution >= 4 is 66.9 Å². The summed E-state index contributed by atoms with van der Waals surface area (Å²) in [6.07, 6.45) is 6.79. The summed E-state index contributed by atoms with van der Waals surface area (Å²) in [4.78, 5) is 15.4. The normalized spacial score (nSPS) is 12.6. The van der Waals surface area contributed by atoms with Crippen LogP contribution < -0.4 is 21.4 Å². The van der Waals surface area contributed by atoms with E-state index in [1.807, 2.05) is 0 Å². The Hall–Kier alpha value is -5.57. The minimum Gasteiger partial charge on any atom is -0.354 e. The van der Waals surface area contributed by atoms with E-state index in [2.05, 4.69) is 166 Å². The molecule has 5 heteroatoms. The number of aromatic amines is 4. The molecule has 8 bridgehead atoms. The van der Waals surface area contributed by atoms with Gasteiger partial charge in [0.1, 0.15) is 0 Å². The largest absolute Gasteiger partial charge is 0.354 e. The van der Waals surface area contributed by atoms with Crippen molar-refractivity contribution in [3.8, 4) is 0 Å². The fourth-order valence-electron chi connectivity index (χ4n) is 7.40. The number of benzene rings is 5. The SMILES string of the molecule is C1=c2[nH]c(c3ccccc23)=Cc2[nH]c(c3ccccc23)C(c2ccccc2)=c2[nH]c(c3ccccc23)=Cc2[nH]c1c1ccccc21.[Pt]. The van der Waals surface area contributed by atoms with E-state index >= 15 is 0 Å². The van der Waals surface area contributed by atoms with E-state index in [4.69, 9.17) is 0 Å². The zero-order chi connectivity index (χ0) is 30.2. The molecule has 5 heterocycles. The van der Waals surface area contributed by atoms with Crippen LogP contribution in [0.5, 0.6) is 0 Å². The van der Waals surface area contributed by atoms with Crippen LogP contribution in [0.4, 0.5) is 0 Å². The molecule has 0 atom stereocenters. The molecular weight excluding hydrogens is 756 g/mol. The molecule has 0 aliphatic carbocycles. The summed E-state index contributed by atoms with van der Waals surface area (Å²) in [5, 5.41) is 13.8. The summed E-state index contributed by atoms with van der Waals surface area (Å²) in [6.45, 7) is 0. The molecule has 9 aromatic rings. The van der Waals surface area contributed by atoms with Gasteiger partial charge in [0, 0.05) is 103 Å². The Morgan fingerprint density at radius 2 is 0.723 bits per heavy atom. The maximum Gasteiger partial charge on any atom is 0.0565 e. The summed E-state index contributed by atoms with van der Waals surface area (Å²) in [5.74, 6) is 0. The van der Waals surface area contributed by atoms with Gasteiger partial charge in [-0.1, -0.05) is 127 Å². The number of hydrogen-bond donors (Lipinski definition) is 4. The van der Waals surface area contributed by atoms with E-state index in [1.165, 1.54) is 43.1 Å². The van der Waals surface area contributed by atoms with Crippen molar-refractivity contribution in [2.45, 2.75) is 0 Å². The first-order valence-electron chi connectivity index (χ1n) is 15.7. The van der Waals surface area contributed by atoms with E-state index in [0.717, 1.165) is 55.3 Å². The van der Waals surface area contributed by atoms with Crippen LogP contribution in [-0.4, -0.2) is 19.9 Å². The third-order valence-corrected chi connectivity index (χ3v) is 9.47. The molecule has 226 valence electrons. The number of rotatable bonds is 1. The van der Waals surface area contributed by atoms with E-state index in [1.54, 1.807) is 0 Å². The first-order chi connectivity index (χ1) is 22.8. The number of H-pyrrole nitrogens is 4. The van der Waals surface area contributed by atoms with Gasteiger partial charge >= 0.3 is 0 Å². The minimum absolute atomic E-state index is 0. The van der Waals surface area contributed by atoms with Crippen LogP contribution in [0.15, 0.2) is 127 Å². The van der Waals surface area contributed by atoms with Gasteiger partial charge in [-0.2, -0.15) is 0 Å². The second kappa shape index (κ2) is 10.8. The van der Waals surface area contributed by atoms with Crippen molar-refractivity contribution in [1.82, 2.24) is 19.9 Å². The van der Waals surface area contributed by atoms with Gasteiger partial charge in [-0.3, -0.25) is 0 Å². The maximum absolute atomic E-state index is 3.92. The predicted molar refractivity (Wildman–Crippen MR) is 190 cm³/mol. The smallest absolute Gasteiger partial charge is 0.0565 e. The molecule has 1 aliphatic heterocycles. The third-order valence-electron chi connectivity index (χ3n) is 9.47. The van der Waals surface area contributed by atoms with Gasteiger partial charge in [-0.05, 0) is 23.8 Å². The van der Waals surface area contributed by atoms with E-state index < -0.39 is 0 Å². The summed E-state index contributed by atoms with van der Waals surface area (Å²) >= 11 is 0. The fraction of sp³-hybridized carbons (Fsp3) is 0. The topological polar surface area (TPSA) is 63.2 Å². The number of aromatic nitrogens is 4. The molecule has 0 unspecified atom stereocenters. The van der Waals surface area contributed by atoms with Gasteiger partial charge in [-0.15, -0.1) is 0 Å². The minimum atomic E-state index is 0. The maximum atomic E-state index is 3.92. The van der Waals surface area contributed by atoms with E-state index in [0.29, 0.717) is 0 Å². The Morgan fingerprint density at radius 1 is 0.319 bits per heavy atom. The molecule has 4 aromatic heterocycles. The zero-order valence-corrected chi connectivity index (χ0v) is 27.4. The monoisotopic (exact) mass is 783 g/mol. The summed E-state index contributed by atoms with van der Waals surface area (Å²) < 4.78 is 0. The van der Waals surface area contributed by atoms with Crippen LogP contribution in [0.3, 0.4) is 0 Å². The van der Waals surface area contributed by atoms with Crippen LogP contribution in [0, 0.1) is 0 Å². The van der Waals surface area contributed by atoms with Crippen molar-refractivity contribution < 1.29 is 21.1 Å². The third kappa shape index (κ3) is 4.26. The standard InChI is InChI=1S/C42H28N4.Pt/c1-2-12-25(13-3-1)40-41-32-20-10-8-18-30(32)38(45-41)23-36-28-16-6-4-14-26(28)34(43-36)22-35-27-15-5-7-17-29(27)37(44-35)24-39-31-19-9-11-21-33(31)42(40)46-39;/h1-24,43-46H;. The molecule has 0 radical (unpaired) electrons. The molecule has 0 spiro atoms. The fourth-order valence-corrected chi connectivity index (χ4v) is 7.40. The molecule has 0 fully saturated rings. The average Bonchev–Trinajstić information content (AvgIpc) is 3.85. The van der Waals surface area contributed by atoms with E-state index in [9.17, 15) is 0 Å². The molecular formula is C42H28N4Pt. The first-order valence-corrected chi connectivity index (χ1v) is 15.7. The van der Waals surface area contributed by atoms with Crippen molar-refractivity contribution in [1.29, 1.82) is 0 Å². The Labute approximate surface area is 283 Å². The van der Waals surface area contributed by atoms with Crippen molar-refractivity contribution in [2.75, 3.05) is 0 Å². The van der Waals surface area contributed by atoms with Crippen molar-refractivity contribution in [2.24, 2.45) is 0 Å². The van der Waals surface area contributed by atoms with Gasteiger partial charge in [0.15, 0.2) is 0 Å². The van der Waals surface area contributed by atoms with Crippen LogP contribution in [-0.2, 0) is 21.1 Å². The molecule has 10 rings (SSSR count). The van der Waals surface area contributed by atoms with Gasteiger partial charge in [0.05, 0.1) is 11.0 Å². The predicted octanol–water partition coefficient (Wildman–Crippen LogP) is 6.66. The van der Waals surface area contributed by atoms with Gasteiger partial charge in [0.25, 0.3) is 0 Å². The molecule has 4 N–H and O–H groups in total. The zero-order valence-electron chi connectivity index (χ0n) is 25.2. The average molecular weight is 784 g/mol. The van der Waals surface area contributed by atoms with Crippen LogP contribution >= 0.6 is 0 Å². The molecule has 1 aliphatic rings. The molecule has 4 nitrogen and oxygen atoms in total. The first kappa shape index (κ1) is 27.7. The molecule has 0 saturated heterocycles. The van der Waals surface area contributed by atoms with E-state index in [-0.39, 0.29) is 21.1 Å². The van der Waals surface area contributed by atoms with Gasteiger partial charge in [-0.25, -0.2) is 0 Å². The van der Waals surface area contributed by atoms with Gasteiger partial charge in [0.2, 0.25) is 0 Å². The Kier molecular flexibility index (Phi) is 6.34. The van der Waals surface area contributed by atoms with Crippen molar-refractivity contribution in [3.63, 3.8) is 0 Å². The molecule has 47 heavy (non-hydrogen) atoms. The quantitative estimate of drug-likeness (QED) is 0.144. The van der Waals surface area contributed by atoms with Crippen LogP contribution in [0.25, 0.3) is 66.9 Å². The second-order valence-electron chi connectivity index (χ2n) is 12.1. The van der Waals surface area contributed by atoms with Crippen LogP contribution in [0.1, 0.15) is 28.3 Å². The summed E-state index contributed by atoms with van der Waals surface area (Å²) in [6, 6.07) is 45.4. The van der Waals surface area contributed by atoms with Gasteiger partial charge < -0.3 is 19.9 Å². The molecule has 0 amide bonds. The summed E-state index contributed by atoms with van der Waals surface area (Å²) in [5.41, 5.74) is 6.60. The van der Waals surface area contributed by atoms with Crippen molar-refractivity contribution in [3.05, 3.63) is 177 Å². The second-order valence-corrected chi connectivity index (χ2v) is 12.1. The number of hydrogen-bond acceptors (Lipinski definition) is 0. The summed E-state index contributed by atoms with van der Waals surface area (Å²) in [7, 11) is 0. The Bertz CT molecular complexity index is 2920. The Morgan fingerprint density at radius 3 is 1.30 bits per heavy atom. The number of nitrogens with one attached hydrogen (secondary N) is 4. The van der Waals surface area contributed by atoms with Crippen LogP contribution in [0.2, 0.25) is 0 Å². The molecule has 0 saturated carbocycles. The Balaban J connectivity index is 0.00000302. The molecule has 5 aromatic carbocycles. The number of fused-ring (bicyclic) bond motifs is 20.